The van der Waals surface area contributed by atoms with Crippen LogP contribution >= 0.6 is 0 Å². The number of nitrogens with two attached hydrogens (primary N) is 1. The first-order valence-electron chi connectivity index (χ1n) is 5.31. The highest BCUT2D eigenvalue weighted by molar-refractivity contribution is 5.87. The van der Waals surface area contributed by atoms with E-state index in [1.165, 1.54) is 12.3 Å². The molecule has 2 aromatic heterocycles. The number of anilines is 1. The predicted molar refractivity (Wildman–Crippen MR) is 63.5 cm³/mol. The fourth-order valence-electron chi connectivity index (χ4n) is 1.31. The van der Waals surface area contributed by atoms with Gasteiger partial charge in [0.2, 0.25) is 0 Å². The molecule has 0 aromatic carbocycles. The molecule has 7 heteroatoms. The highest BCUT2D eigenvalue weighted by Gasteiger charge is 2.11. The van der Waals surface area contributed by atoms with Gasteiger partial charge < -0.3 is 15.0 Å². The van der Waals surface area contributed by atoms with Crippen LogP contribution in [0, 0.1) is 6.92 Å². The average Bonchev–Trinajstić information content (AvgIpc) is 2.68. The van der Waals surface area contributed by atoms with Crippen LogP contribution in [0.2, 0.25) is 0 Å². The van der Waals surface area contributed by atoms with Crippen LogP contribution in [0.25, 0.3) is 0 Å². The summed E-state index contributed by atoms with van der Waals surface area (Å²) in [5, 5.41) is 7.76. The molecule has 0 saturated heterocycles. The highest BCUT2D eigenvalue weighted by atomic mass is 16.5. The molecule has 0 saturated carbocycles. The zero-order chi connectivity index (χ0) is 13.1. The second-order valence-electron chi connectivity index (χ2n) is 3.78. The lowest BCUT2D eigenvalue weighted by atomic mass is 10.3. The maximum absolute atomic E-state index is 11.7. The Kier molecular flexibility index (Phi) is 3.22. The summed E-state index contributed by atoms with van der Waals surface area (Å²) in [6, 6.07) is 3.11. The number of hydrogen-bond donors (Lipinski definition) is 1. The minimum Gasteiger partial charge on any atom is -0.453 e. The zero-order valence-electron chi connectivity index (χ0n) is 10.1. The molecule has 0 bridgehead atoms. The summed E-state index contributed by atoms with van der Waals surface area (Å²) in [6.45, 7) is 1.88. The SMILES string of the molecule is Cc1nnc(COC(=O)c2ccc(N)cn2)n1C. The van der Waals surface area contributed by atoms with Crippen LogP contribution in [0.1, 0.15) is 22.1 Å². The fraction of sp³-hybridized carbons (Fsp3) is 0.273. The van der Waals surface area contributed by atoms with Crippen molar-refractivity contribution in [1.29, 1.82) is 0 Å². The van der Waals surface area contributed by atoms with Crippen molar-refractivity contribution in [2.24, 2.45) is 7.05 Å². The molecule has 0 radical (unpaired) electrons. The number of carbonyl (C=O) groups excluding carboxylic acids is 1. The van der Waals surface area contributed by atoms with E-state index >= 15 is 0 Å². The Labute approximate surface area is 104 Å². The second kappa shape index (κ2) is 4.82. The number of aryl methyl sites for hydroxylation is 1. The molecular formula is C11H13N5O2. The van der Waals surface area contributed by atoms with E-state index in [1.807, 2.05) is 6.92 Å². The van der Waals surface area contributed by atoms with Crippen LogP contribution in [0.3, 0.4) is 0 Å². The first kappa shape index (κ1) is 12.0. The first-order valence-corrected chi connectivity index (χ1v) is 5.31. The molecule has 94 valence electrons. The van der Waals surface area contributed by atoms with Gasteiger partial charge in [-0.15, -0.1) is 10.2 Å². The van der Waals surface area contributed by atoms with Gasteiger partial charge in [-0.3, -0.25) is 0 Å². The Morgan fingerprint density at radius 3 is 2.78 bits per heavy atom. The van der Waals surface area contributed by atoms with E-state index in [4.69, 9.17) is 10.5 Å². The third kappa shape index (κ3) is 2.45. The lowest BCUT2D eigenvalue weighted by molar-refractivity contribution is 0.0451. The summed E-state index contributed by atoms with van der Waals surface area (Å²) in [6.07, 6.45) is 1.41. The number of nitrogens with zero attached hydrogens (tertiary/aromatic N) is 4. The molecule has 0 unspecified atom stereocenters. The molecular weight excluding hydrogens is 234 g/mol. The number of rotatable bonds is 3. The molecule has 2 rings (SSSR count). The van der Waals surface area contributed by atoms with Gasteiger partial charge in [-0.25, -0.2) is 9.78 Å². The Balaban J connectivity index is 2.00. The maximum atomic E-state index is 11.7. The van der Waals surface area contributed by atoms with Gasteiger partial charge >= 0.3 is 5.97 Å². The van der Waals surface area contributed by atoms with Crippen molar-refractivity contribution < 1.29 is 9.53 Å². The topological polar surface area (TPSA) is 95.9 Å². The third-order valence-electron chi connectivity index (χ3n) is 2.51. The van der Waals surface area contributed by atoms with Crippen molar-refractivity contribution >= 4 is 11.7 Å². The van der Waals surface area contributed by atoms with Gasteiger partial charge in [0.15, 0.2) is 12.4 Å². The van der Waals surface area contributed by atoms with Crippen molar-refractivity contribution in [3.05, 3.63) is 35.7 Å². The van der Waals surface area contributed by atoms with Crippen LogP contribution < -0.4 is 5.73 Å². The number of esters is 1. The van der Waals surface area contributed by atoms with Crippen LogP contribution in [0.5, 0.6) is 0 Å². The molecule has 2 N–H and O–H groups in total. The Bertz CT molecular complexity index is 561. The molecule has 0 fully saturated rings. The van der Waals surface area contributed by atoms with Crippen LogP contribution in [-0.4, -0.2) is 25.7 Å². The molecule has 0 aliphatic carbocycles. The number of carbonyl (C=O) groups is 1. The molecule has 0 atom stereocenters. The summed E-state index contributed by atoms with van der Waals surface area (Å²) in [4.78, 5) is 15.5. The van der Waals surface area contributed by atoms with Gasteiger partial charge in [0.1, 0.15) is 11.5 Å². The number of hydrogen-bond acceptors (Lipinski definition) is 6. The van der Waals surface area contributed by atoms with Gasteiger partial charge in [-0.1, -0.05) is 0 Å². The zero-order valence-corrected chi connectivity index (χ0v) is 10.1. The lowest BCUT2D eigenvalue weighted by Gasteiger charge is -2.04. The van der Waals surface area contributed by atoms with E-state index in [0.29, 0.717) is 11.5 Å². The Morgan fingerprint density at radius 1 is 1.44 bits per heavy atom. The predicted octanol–water partition coefficient (Wildman–Crippen LogP) is 0.458. The largest absolute Gasteiger partial charge is 0.453 e. The summed E-state index contributed by atoms with van der Waals surface area (Å²) in [5.41, 5.74) is 6.19. The summed E-state index contributed by atoms with van der Waals surface area (Å²) < 4.78 is 6.84. The van der Waals surface area contributed by atoms with Crippen LogP contribution in [-0.2, 0) is 18.4 Å². The van der Waals surface area contributed by atoms with Gasteiger partial charge in [-0.2, -0.15) is 0 Å². The molecule has 2 aromatic rings. The van der Waals surface area contributed by atoms with Crippen LogP contribution in [0.15, 0.2) is 18.3 Å². The minimum atomic E-state index is -0.518. The van der Waals surface area contributed by atoms with E-state index < -0.39 is 5.97 Å². The van der Waals surface area contributed by atoms with Crippen molar-refractivity contribution in [3.63, 3.8) is 0 Å². The number of nitrogen functional groups attached to an aromatic ring is 1. The lowest BCUT2D eigenvalue weighted by Crippen LogP contribution is -2.10. The number of aromatic nitrogens is 4. The standard InChI is InChI=1S/C11H13N5O2/c1-7-14-15-10(16(7)2)6-18-11(17)9-4-3-8(12)5-13-9/h3-5H,6,12H2,1-2H3. The normalized spacial score (nSPS) is 10.3. The minimum absolute atomic E-state index is 0.0578. The summed E-state index contributed by atoms with van der Waals surface area (Å²) >= 11 is 0. The van der Waals surface area contributed by atoms with Crippen molar-refractivity contribution in [1.82, 2.24) is 19.7 Å². The van der Waals surface area contributed by atoms with Crippen LogP contribution in [0.4, 0.5) is 5.69 Å². The van der Waals surface area contributed by atoms with E-state index in [1.54, 1.807) is 17.7 Å². The Hall–Kier alpha value is -2.44. The molecule has 0 aliphatic rings. The molecule has 2 heterocycles. The van der Waals surface area contributed by atoms with Gasteiger partial charge in [0, 0.05) is 7.05 Å². The number of ether oxygens (including phenoxy) is 1. The quantitative estimate of drug-likeness (QED) is 0.791. The monoisotopic (exact) mass is 247 g/mol. The van der Waals surface area contributed by atoms with E-state index in [9.17, 15) is 4.79 Å². The summed E-state index contributed by atoms with van der Waals surface area (Å²) in [7, 11) is 1.81. The first-order chi connectivity index (χ1) is 8.58. The maximum Gasteiger partial charge on any atom is 0.357 e. The summed E-state index contributed by atoms with van der Waals surface area (Å²) in [5.74, 6) is 0.818. The Morgan fingerprint density at radius 2 is 2.22 bits per heavy atom. The molecule has 7 nitrogen and oxygen atoms in total. The van der Waals surface area contributed by atoms with E-state index in [-0.39, 0.29) is 12.3 Å². The molecule has 0 amide bonds. The molecule has 18 heavy (non-hydrogen) atoms. The average molecular weight is 247 g/mol. The van der Waals surface area contributed by atoms with E-state index in [2.05, 4.69) is 15.2 Å². The van der Waals surface area contributed by atoms with E-state index in [0.717, 1.165) is 5.82 Å². The second-order valence-corrected chi connectivity index (χ2v) is 3.78. The number of pyridine rings is 1. The van der Waals surface area contributed by atoms with Crippen molar-refractivity contribution in [3.8, 4) is 0 Å². The van der Waals surface area contributed by atoms with Gasteiger partial charge in [0.25, 0.3) is 0 Å². The van der Waals surface area contributed by atoms with Crippen molar-refractivity contribution in [2.75, 3.05) is 5.73 Å². The van der Waals surface area contributed by atoms with Crippen molar-refractivity contribution in [2.45, 2.75) is 13.5 Å². The highest BCUT2D eigenvalue weighted by Crippen LogP contribution is 2.05. The fourth-order valence-corrected chi connectivity index (χ4v) is 1.31. The smallest absolute Gasteiger partial charge is 0.357 e. The molecule has 0 spiro atoms. The molecule has 0 aliphatic heterocycles. The third-order valence-corrected chi connectivity index (χ3v) is 2.51. The van der Waals surface area contributed by atoms with Gasteiger partial charge in [-0.05, 0) is 19.1 Å². The van der Waals surface area contributed by atoms with Gasteiger partial charge in [0.05, 0.1) is 11.9 Å².